The van der Waals surface area contributed by atoms with Crippen LogP contribution in [-0.4, -0.2) is 9.97 Å². The van der Waals surface area contributed by atoms with E-state index in [1.54, 1.807) is 11.3 Å². The van der Waals surface area contributed by atoms with E-state index in [4.69, 9.17) is 0 Å². The van der Waals surface area contributed by atoms with E-state index in [2.05, 4.69) is 22.1 Å². The molecule has 2 heterocycles. The Balaban J connectivity index is 2.31. The summed E-state index contributed by atoms with van der Waals surface area (Å²) in [6.07, 6.45) is 1.84. The first-order valence-corrected chi connectivity index (χ1v) is 5.57. The zero-order valence-corrected chi connectivity index (χ0v) is 8.74. The summed E-state index contributed by atoms with van der Waals surface area (Å²) in [5, 5.41) is 0. The normalized spacial score (nSPS) is 10.7. The zero-order valence-electron chi connectivity index (χ0n) is 7.92. The van der Waals surface area contributed by atoms with Crippen LogP contribution in [0.4, 0.5) is 0 Å². The SMILES string of the molecule is c1ccc(-c2nccc3scnc23)cc1. The molecule has 0 aliphatic carbocycles. The van der Waals surface area contributed by atoms with E-state index in [-0.39, 0.29) is 0 Å². The molecule has 0 spiro atoms. The van der Waals surface area contributed by atoms with Gasteiger partial charge in [0.15, 0.2) is 0 Å². The maximum atomic E-state index is 4.39. The van der Waals surface area contributed by atoms with E-state index in [0.717, 1.165) is 16.8 Å². The van der Waals surface area contributed by atoms with Crippen molar-refractivity contribution in [2.45, 2.75) is 0 Å². The van der Waals surface area contributed by atoms with Crippen LogP contribution in [0, 0.1) is 0 Å². The zero-order chi connectivity index (χ0) is 10.1. The van der Waals surface area contributed by atoms with Crippen molar-refractivity contribution in [1.82, 2.24) is 9.97 Å². The van der Waals surface area contributed by atoms with E-state index >= 15 is 0 Å². The van der Waals surface area contributed by atoms with Crippen LogP contribution in [0.25, 0.3) is 21.5 Å². The lowest BCUT2D eigenvalue weighted by Gasteiger charge is -2.00. The number of pyridine rings is 1. The minimum absolute atomic E-state index is 0.967. The van der Waals surface area contributed by atoms with E-state index in [9.17, 15) is 0 Å². The number of hydrogen-bond donors (Lipinski definition) is 0. The first-order chi connectivity index (χ1) is 7.45. The Morgan fingerprint density at radius 2 is 1.80 bits per heavy atom. The second-order valence-corrected chi connectivity index (χ2v) is 4.11. The third kappa shape index (κ3) is 1.41. The summed E-state index contributed by atoms with van der Waals surface area (Å²) in [6, 6.07) is 12.1. The van der Waals surface area contributed by atoms with Crippen LogP contribution >= 0.6 is 11.3 Å². The second kappa shape index (κ2) is 3.44. The van der Waals surface area contributed by atoms with Gasteiger partial charge in [0.05, 0.1) is 15.9 Å². The van der Waals surface area contributed by atoms with Crippen molar-refractivity contribution in [3.63, 3.8) is 0 Å². The highest BCUT2D eigenvalue weighted by molar-refractivity contribution is 7.16. The highest BCUT2D eigenvalue weighted by Gasteiger charge is 2.06. The van der Waals surface area contributed by atoms with Gasteiger partial charge in [-0.3, -0.25) is 4.98 Å². The Kier molecular flexibility index (Phi) is 1.96. The average Bonchev–Trinajstić information content (AvgIpc) is 2.78. The number of hydrogen-bond acceptors (Lipinski definition) is 3. The molecule has 3 rings (SSSR count). The Bertz CT molecular complexity index is 587. The molecular weight excluding hydrogens is 204 g/mol. The smallest absolute Gasteiger partial charge is 0.107 e. The Labute approximate surface area is 91.2 Å². The molecule has 15 heavy (non-hydrogen) atoms. The van der Waals surface area contributed by atoms with Gasteiger partial charge < -0.3 is 0 Å². The standard InChI is InChI=1S/C12H8N2S/c1-2-4-9(5-3-1)11-12-10(6-7-13-11)15-8-14-12/h1-8H. The van der Waals surface area contributed by atoms with Crippen molar-refractivity contribution in [1.29, 1.82) is 0 Å². The van der Waals surface area contributed by atoms with Gasteiger partial charge in [-0.25, -0.2) is 4.98 Å². The highest BCUT2D eigenvalue weighted by atomic mass is 32.1. The summed E-state index contributed by atoms with van der Waals surface area (Å²) in [5.41, 5.74) is 4.94. The van der Waals surface area contributed by atoms with Crippen molar-refractivity contribution in [2.24, 2.45) is 0 Å². The highest BCUT2D eigenvalue weighted by Crippen LogP contribution is 2.26. The number of benzene rings is 1. The molecule has 0 fully saturated rings. The van der Waals surface area contributed by atoms with Crippen LogP contribution in [0.2, 0.25) is 0 Å². The van der Waals surface area contributed by atoms with Gasteiger partial charge in [0.1, 0.15) is 5.52 Å². The summed E-state index contributed by atoms with van der Waals surface area (Å²) < 4.78 is 1.18. The predicted octanol–water partition coefficient (Wildman–Crippen LogP) is 3.36. The molecule has 3 aromatic rings. The fourth-order valence-corrected chi connectivity index (χ4v) is 2.27. The Morgan fingerprint density at radius 3 is 2.67 bits per heavy atom. The molecule has 0 saturated carbocycles. The minimum Gasteiger partial charge on any atom is -0.254 e. The number of aromatic nitrogens is 2. The predicted molar refractivity (Wildman–Crippen MR) is 62.9 cm³/mol. The van der Waals surface area contributed by atoms with Crippen molar-refractivity contribution in [3.05, 3.63) is 48.1 Å². The molecule has 72 valence electrons. The number of rotatable bonds is 1. The third-order valence-electron chi connectivity index (χ3n) is 2.30. The maximum absolute atomic E-state index is 4.39. The molecule has 0 aliphatic rings. The monoisotopic (exact) mass is 212 g/mol. The lowest BCUT2D eigenvalue weighted by molar-refractivity contribution is 1.33. The second-order valence-electron chi connectivity index (χ2n) is 3.22. The van der Waals surface area contributed by atoms with Gasteiger partial charge in [0.2, 0.25) is 0 Å². The molecule has 0 radical (unpaired) electrons. The molecule has 2 nitrogen and oxygen atoms in total. The summed E-state index contributed by atoms with van der Waals surface area (Å²) in [6.45, 7) is 0. The van der Waals surface area contributed by atoms with Crippen molar-refractivity contribution in [2.75, 3.05) is 0 Å². The molecule has 0 saturated heterocycles. The van der Waals surface area contributed by atoms with Gasteiger partial charge in [0, 0.05) is 11.8 Å². The van der Waals surface area contributed by atoms with E-state index in [0.29, 0.717) is 0 Å². The largest absolute Gasteiger partial charge is 0.254 e. The van der Waals surface area contributed by atoms with E-state index in [1.807, 2.05) is 36.0 Å². The fraction of sp³-hybridized carbons (Fsp3) is 0. The quantitative estimate of drug-likeness (QED) is 0.618. The first-order valence-electron chi connectivity index (χ1n) is 4.69. The number of fused-ring (bicyclic) bond motifs is 1. The first kappa shape index (κ1) is 8.56. The molecule has 3 heteroatoms. The average molecular weight is 212 g/mol. The van der Waals surface area contributed by atoms with Crippen LogP contribution < -0.4 is 0 Å². The van der Waals surface area contributed by atoms with Crippen molar-refractivity contribution >= 4 is 21.6 Å². The van der Waals surface area contributed by atoms with Gasteiger partial charge in [-0.15, -0.1) is 11.3 Å². The lowest BCUT2D eigenvalue weighted by atomic mass is 10.1. The maximum Gasteiger partial charge on any atom is 0.107 e. The summed E-state index contributed by atoms with van der Waals surface area (Å²) in [5.74, 6) is 0. The molecule has 2 aromatic heterocycles. The molecular formula is C12H8N2S. The minimum atomic E-state index is 0.967. The number of nitrogens with zero attached hydrogens (tertiary/aromatic N) is 2. The topological polar surface area (TPSA) is 25.8 Å². The molecule has 0 amide bonds. The fourth-order valence-electron chi connectivity index (χ4n) is 1.60. The van der Waals surface area contributed by atoms with Crippen LogP contribution in [-0.2, 0) is 0 Å². The molecule has 0 atom stereocenters. The Hall–Kier alpha value is -1.74. The lowest BCUT2D eigenvalue weighted by Crippen LogP contribution is -1.83. The van der Waals surface area contributed by atoms with Crippen molar-refractivity contribution < 1.29 is 0 Å². The van der Waals surface area contributed by atoms with Gasteiger partial charge in [-0.1, -0.05) is 30.3 Å². The van der Waals surface area contributed by atoms with Gasteiger partial charge in [-0.2, -0.15) is 0 Å². The third-order valence-corrected chi connectivity index (χ3v) is 3.09. The van der Waals surface area contributed by atoms with Gasteiger partial charge >= 0.3 is 0 Å². The van der Waals surface area contributed by atoms with Crippen LogP contribution in [0.1, 0.15) is 0 Å². The van der Waals surface area contributed by atoms with Crippen LogP contribution in [0.5, 0.6) is 0 Å². The van der Waals surface area contributed by atoms with Gasteiger partial charge in [0.25, 0.3) is 0 Å². The van der Waals surface area contributed by atoms with E-state index in [1.165, 1.54) is 4.70 Å². The summed E-state index contributed by atoms with van der Waals surface area (Å²) >= 11 is 1.65. The van der Waals surface area contributed by atoms with Crippen LogP contribution in [0.3, 0.4) is 0 Å². The van der Waals surface area contributed by atoms with Crippen molar-refractivity contribution in [3.8, 4) is 11.3 Å². The molecule has 0 unspecified atom stereocenters. The molecule has 0 N–H and O–H groups in total. The van der Waals surface area contributed by atoms with E-state index < -0.39 is 0 Å². The molecule has 1 aromatic carbocycles. The van der Waals surface area contributed by atoms with Crippen LogP contribution in [0.15, 0.2) is 48.1 Å². The number of thiazole rings is 1. The van der Waals surface area contributed by atoms with Gasteiger partial charge in [-0.05, 0) is 6.07 Å². The summed E-state index contributed by atoms with van der Waals surface area (Å²) in [4.78, 5) is 8.74. The summed E-state index contributed by atoms with van der Waals surface area (Å²) in [7, 11) is 0. The molecule has 0 aliphatic heterocycles. The Morgan fingerprint density at radius 1 is 0.933 bits per heavy atom. The molecule has 0 bridgehead atoms.